The Bertz CT molecular complexity index is 734. The molecular formula is C18H20N4. The van der Waals surface area contributed by atoms with Gasteiger partial charge in [0.1, 0.15) is 5.82 Å². The molecule has 0 saturated carbocycles. The molecule has 0 saturated heterocycles. The van der Waals surface area contributed by atoms with Gasteiger partial charge in [-0.1, -0.05) is 42.5 Å². The average molecular weight is 292 g/mol. The van der Waals surface area contributed by atoms with Gasteiger partial charge in [0.15, 0.2) is 0 Å². The van der Waals surface area contributed by atoms with Crippen LogP contribution in [0.1, 0.15) is 24.1 Å². The predicted molar refractivity (Wildman–Crippen MR) is 91.5 cm³/mol. The molecule has 0 radical (unpaired) electrons. The number of aromatic nitrogens is 2. The van der Waals surface area contributed by atoms with Crippen LogP contribution in [0.3, 0.4) is 0 Å². The minimum Gasteiger partial charge on any atom is -0.374 e. The van der Waals surface area contributed by atoms with Crippen molar-refractivity contribution in [1.29, 1.82) is 0 Å². The highest BCUT2D eigenvalue weighted by Crippen LogP contribution is 2.26. The zero-order valence-corrected chi connectivity index (χ0v) is 12.8. The normalized spacial score (nSPS) is 11.9. The Kier molecular flexibility index (Phi) is 4.10. The maximum atomic E-state index is 4.14. The van der Waals surface area contributed by atoms with Gasteiger partial charge in [0, 0.05) is 11.7 Å². The molecule has 22 heavy (non-hydrogen) atoms. The molecule has 0 aliphatic carbocycles. The van der Waals surface area contributed by atoms with Crippen molar-refractivity contribution >= 4 is 17.2 Å². The summed E-state index contributed by atoms with van der Waals surface area (Å²) < 4.78 is 0. The monoisotopic (exact) mass is 292 g/mol. The quantitative estimate of drug-likeness (QED) is 0.642. The van der Waals surface area contributed by atoms with Gasteiger partial charge in [-0.15, -0.1) is 0 Å². The van der Waals surface area contributed by atoms with Crippen LogP contribution in [-0.2, 0) is 0 Å². The number of anilines is 3. The maximum Gasteiger partial charge on any atom is 0.149 e. The molecule has 0 spiro atoms. The van der Waals surface area contributed by atoms with E-state index < -0.39 is 0 Å². The van der Waals surface area contributed by atoms with Gasteiger partial charge < -0.3 is 10.6 Å². The fourth-order valence-corrected chi connectivity index (χ4v) is 2.42. The highest BCUT2D eigenvalue weighted by Gasteiger charge is 2.10. The molecule has 0 bridgehead atoms. The maximum absolute atomic E-state index is 4.14. The first-order valence-electron chi connectivity index (χ1n) is 7.41. The topological polar surface area (TPSA) is 52.7 Å². The van der Waals surface area contributed by atoms with Gasteiger partial charge >= 0.3 is 0 Å². The van der Waals surface area contributed by atoms with Gasteiger partial charge in [0.05, 0.1) is 11.9 Å². The number of nitrogens with zero attached hydrogens (tertiary/aromatic N) is 1. The summed E-state index contributed by atoms with van der Waals surface area (Å²) in [7, 11) is 0. The van der Waals surface area contributed by atoms with Gasteiger partial charge in [-0.2, -0.15) is 5.10 Å². The molecule has 4 heteroatoms. The summed E-state index contributed by atoms with van der Waals surface area (Å²) in [5, 5.41) is 14.0. The first-order chi connectivity index (χ1) is 10.7. The Balaban J connectivity index is 1.75. The largest absolute Gasteiger partial charge is 0.374 e. The second-order valence-corrected chi connectivity index (χ2v) is 5.43. The number of H-pyrrole nitrogens is 1. The summed E-state index contributed by atoms with van der Waals surface area (Å²) in [6.45, 7) is 4.22. The van der Waals surface area contributed by atoms with Crippen LogP contribution in [0.15, 0.2) is 60.8 Å². The molecule has 1 heterocycles. The van der Waals surface area contributed by atoms with Crippen molar-refractivity contribution < 1.29 is 0 Å². The Labute approximate surface area is 130 Å². The summed E-state index contributed by atoms with van der Waals surface area (Å²) in [6.07, 6.45) is 1.80. The summed E-state index contributed by atoms with van der Waals surface area (Å²) >= 11 is 0. The summed E-state index contributed by atoms with van der Waals surface area (Å²) in [6, 6.07) is 18.8. The third kappa shape index (κ3) is 3.28. The molecule has 0 fully saturated rings. The van der Waals surface area contributed by atoms with Crippen LogP contribution in [0.25, 0.3) is 0 Å². The Morgan fingerprint density at radius 1 is 1.05 bits per heavy atom. The van der Waals surface area contributed by atoms with Crippen molar-refractivity contribution in [2.75, 3.05) is 10.6 Å². The number of nitrogens with one attached hydrogen (secondary N) is 3. The molecule has 0 unspecified atom stereocenters. The van der Waals surface area contributed by atoms with E-state index in [0.29, 0.717) is 0 Å². The van der Waals surface area contributed by atoms with Crippen molar-refractivity contribution in [3.05, 3.63) is 71.9 Å². The summed E-state index contributed by atoms with van der Waals surface area (Å²) in [5.41, 5.74) is 4.46. The van der Waals surface area contributed by atoms with Crippen molar-refractivity contribution in [2.45, 2.75) is 19.9 Å². The van der Waals surface area contributed by atoms with E-state index in [1.807, 2.05) is 18.2 Å². The van der Waals surface area contributed by atoms with Crippen LogP contribution < -0.4 is 10.6 Å². The third-order valence-corrected chi connectivity index (χ3v) is 3.60. The molecule has 1 atom stereocenters. The second-order valence-electron chi connectivity index (χ2n) is 5.43. The van der Waals surface area contributed by atoms with Crippen LogP contribution >= 0.6 is 0 Å². The van der Waals surface area contributed by atoms with Crippen molar-refractivity contribution in [3.8, 4) is 0 Å². The third-order valence-electron chi connectivity index (χ3n) is 3.60. The average Bonchev–Trinajstić information content (AvgIpc) is 2.95. The lowest BCUT2D eigenvalue weighted by atomic mass is 10.1. The zero-order valence-electron chi connectivity index (χ0n) is 12.8. The number of benzene rings is 2. The number of hydrogen-bond acceptors (Lipinski definition) is 3. The van der Waals surface area contributed by atoms with E-state index in [0.717, 1.165) is 17.2 Å². The molecule has 3 rings (SSSR count). The molecule has 0 aliphatic heterocycles. The summed E-state index contributed by atoms with van der Waals surface area (Å²) in [4.78, 5) is 0. The standard InChI is InChI=1S/C18H20N4/c1-13-7-6-10-16(11-13)21-18-17(12-19-22-18)20-14(2)15-8-4-3-5-9-15/h3-12,14,20H,1-2H3,(H2,19,21,22)/t14-/m1/s1. The number of hydrogen-bond donors (Lipinski definition) is 3. The van der Waals surface area contributed by atoms with Crippen LogP contribution in [0, 0.1) is 6.92 Å². The van der Waals surface area contributed by atoms with Crippen molar-refractivity contribution in [2.24, 2.45) is 0 Å². The fourth-order valence-electron chi connectivity index (χ4n) is 2.42. The van der Waals surface area contributed by atoms with Gasteiger partial charge in [-0.3, -0.25) is 5.10 Å². The van der Waals surface area contributed by atoms with Crippen molar-refractivity contribution in [3.63, 3.8) is 0 Å². The molecule has 3 N–H and O–H groups in total. The van der Waals surface area contributed by atoms with E-state index in [-0.39, 0.29) is 6.04 Å². The van der Waals surface area contributed by atoms with E-state index in [2.05, 4.69) is 71.1 Å². The van der Waals surface area contributed by atoms with Gasteiger partial charge in [0.25, 0.3) is 0 Å². The highest BCUT2D eigenvalue weighted by atomic mass is 15.2. The van der Waals surface area contributed by atoms with E-state index in [1.54, 1.807) is 6.20 Å². The molecule has 4 nitrogen and oxygen atoms in total. The Morgan fingerprint density at radius 2 is 1.86 bits per heavy atom. The fraction of sp³-hybridized carbons (Fsp3) is 0.167. The zero-order chi connectivity index (χ0) is 15.4. The number of aryl methyl sites for hydroxylation is 1. The smallest absolute Gasteiger partial charge is 0.149 e. The molecule has 0 aliphatic rings. The molecule has 0 amide bonds. The minimum absolute atomic E-state index is 0.205. The highest BCUT2D eigenvalue weighted by molar-refractivity contribution is 5.70. The van der Waals surface area contributed by atoms with Crippen LogP contribution in [0.5, 0.6) is 0 Å². The van der Waals surface area contributed by atoms with E-state index >= 15 is 0 Å². The first-order valence-corrected chi connectivity index (χ1v) is 7.41. The van der Waals surface area contributed by atoms with E-state index in [4.69, 9.17) is 0 Å². The lowest BCUT2D eigenvalue weighted by molar-refractivity contribution is 0.885. The predicted octanol–water partition coefficient (Wildman–Crippen LogP) is 4.63. The number of aromatic amines is 1. The molecular weight excluding hydrogens is 272 g/mol. The first kappa shape index (κ1) is 14.2. The SMILES string of the molecule is Cc1cccc(Nc2[nH]ncc2N[C@H](C)c2ccccc2)c1. The van der Waals surface area contributed by atoms with Gasteiger partial charge in [-0.05, 0) is 37.1 Å². The second kappa shape index (κ2) is 6.35. The molecule has 2 aromatic carbocycles. The van der Waals surface area contributed by atoms with Crippen LogP contribution in [0.2, 0.25) is 0 Å². The van der Waals surface area contributed by atoms with E-state index in [9.17, 15) is 0 Å². The lowest BCUT2D eigenvalue weighted by Gasteiger charge is -2.16. The van der Waals surface area contributed by atoms with Crippen LogP contribution in [-0.4, -0.2) is 10.2 Å². The lowest BCUT2D eigenvalue weighted by Crippen LogP contribution is -2.07. The number of rotatable bonds is 5. The van der Waals surface area contributed by atoms with Crippen molar-refractivity contribution in [1.82, 2.24) is 10.2 Å². The molecule has 112 valence electrons. The van der Waals surface area contributed by atoms with Gasteiger partial charge in [-0.25, -0.2) is 0 Å². The minimum atomic E-state index is 0.205. The van der Waals surface area contributed by atoms with Crippen LogP contribution in [0.4, 0.5) is 17.2 Å². The molecule has 1 aromatic heterocycles. The Hall–Kier alpha value is -2.75. The summed E-state index contributed by atoms with van der Waals surface area (Å²) in [5.74, 6) is 0.869. The molecule has 3 aromatic rings. The Morgan fingerprint density at radius 3 is 2.64 bits per heavy atom. The van der Waals surface area contributed by atoms with E-state index in [1.165, 1.54) is 11.1 Å². The van der Waals surface area contributed by atoms with Gasteiger partial charge in [0.2, 0.25) is 0 Å².